The monoisotopic (exact) mass is 303 g/mol. The molecule has 0 spiro atoms. The van der Waals surface area contributed by atoms with Gasteiger partial charge in [0.25, 0.3) is 0 Å². The minimum Gasteiger partial charge on any atom is -0.461 e. The van der Waals surface area contributed by atoms with Gasteiger partial charge >= 0.3 is 0 Å². The first kappa shape index (κ1) is 16.1. The van der Waals surface area contributed by atoms with Gasteiger partial charge in [0.2, 0.25) is 5.79 Å². The molecule has 1 aromatic heterocycles. The summed E-state index contributed by atoms with van der Waals surface area (Å²) in [4.78, 5) is 4.33. The standard InChI is InChI=1S/C12H17N3O2S.ClH/c1-7-10-9(5-16-12(2,3)17-10)8(4-15-7)6-18-11(13)14;/h4H,5-6H2,1-3H3,(H3,13,14);1H. The molecule has 106 valence electrons. The van der Waals surface area contributed by atoms with Gasteiger partial charge in [-0.3, -0.25) is 10.4 Å². The molecular weight excluding hydrogens is 286 g/mol. The van der Waals surface area contributed by atoms with E-state index in [0.29, 0.717) is 12.4 Å². The molecule has 0 saturated heterocycles. The minimum atomic E-state index is -0.619. The Labute approximate surface area is 123 Å². The van der Waals surface area contributed by atoms with Crippen molar-refractivity contribution in [1.29, 1.82) is 5.41 Å². The third-order valence-electron chi connectivity index (χ3n) is 2.70. The van der Waals surface area contributed by atoms with Gasteiger partial charge < -0.3 is 15.2 Å². The van der Waals surface area contributed by atoms with E-state index < -0.39 is 5.79 Å². The van der Waals surface area contributed by atoms with Crippen LogP contribution in [0.25, 0.3) is 0 Å². The van der Waals surface area contributed by atoms with Gasteiger partial charge in [0.15, 0.2) is 5.17 Å². The van der Waals surface area contributed by atoms with Crippen LogP contribution in [0.4, 0.5) is 0 Å². The molecule has 0 unspecified atom stereocenters. The number of aryl methyl sites for hydroxylation is 1. The Kier molecular flexibility index (Phi) is 5.06. The molecule has 2 rings (SSSR count). The number of rotatable bonds is 2. The topological polar surface area (TPSA) is 81.2 Å². The van der Waals surface area contributed by atoms with E-state index >= 15 is 0 Å². The Balaban J connectivity index is 0.00000180. The lowest BCUT2D eigenvalue weighted by atomic mass is 10.1. The number of nitrogens with one attached hydrogen (secondary N) is 1. The van der Waals surface area contributed by atoms with Crippen LogP contribution in [0.1, 0.15) is 30.7 Å². The van der Waals surface area contributed by atoms with Crippen LogP contribution in [0.3, 0.4) is 0 Å². The predicted molar refractivity (Wildman–Crippen MR) is 78.9 cm³/mol. The van der Waals surface area contributed by atoms with E-state index in [1.54, 1.807) is 6.20 Å². The van der Waals surface area contributed by atoms with Crippen molar-refractivity contribution in [2.45, 2.75) is 38.9 Å². The Morgan fingerprint density at radius 2 is 2.26 bits per heavy atom. The minimum absolute atomic E-state index is 0. The highest BCUT2D eigenvalue weighted by Crippen LogP contribution is 2.36. The summed E-state index contributed by atoms with van der Waals surface area (Å²) < 4.78 is 11.5. The lowest BCUT2D eigenvalue weighted by Gasteiger charge is -2.34. The van der Waals surface area contributed by atoms with Gasteiger partial charge in [0.1, 0.15) is 5.75 Å². The first-order valence-corrected chi connectivity index (χ1v) is 6.65. The molecule has 1 aliphatic heterocycles. The number of halogens is 1. The highest BCUT2D eigenvalue weighted by molar-refractivity contribution is 8.13. The molecule has 0 radical (unpaired) electrons. The van der Waals surface area contributed by atoms with Crippen LogP contribution in [0.15, 0.2) is 6.20 Å². The second kappa shape index (κ2) is 5.98. The van der Waals surface area contributed by atoms with E-state index in [9.17, 15) is 0 Å². The summed E-state index contributed by atoms with van der Waals surface area (Å²) in [5.41, 5.74) is 8.23. The van der Waals surface area contributed by atoms with Crippen LogP contribution >= 0.6 is 24.2 Å². The summed E-state index contributed by atoms with van der Waals surface area (Å²) in [6.45, 7) is 6.18. The molecule has 19 heavy (non-hydrogen) atoms. The van der Waals surface area contributed by atoms with Crippen LogP contribution in [-0.4, -0.2) is 15.9 Å². The van der Waals surface area contributed by atoms with Crippen LogP contribution in [0.5, 0.6) is 5.75 Å². The first-order valence-electron chi connectivity index (χ1n) is 5.66. The van der Waals surface area contributed by atoms with Crippen LogP contribution in [0.2, 0.25) is 0 Å². The second-order valence-corrected chi connectivity index (χ2v) is 5.64. The number of nitrogens with zero attached hydrogens (tertiary/aromatic N) is 1. The average molecular weight is 304 g/mol. The van der Waals surface area contributed by atoms with Gasteiger partial charge in [-0.15, -0.1) is 12.4 Å². The fourth-order valence-corrected chi connectivity index (χ4v) is 2.33. The largest absolute Gasteiger partial charge is 0.461 e. The van der Waals surface area contributed by atoms with Crippen molar-refractivity contribution < 1.29 is 9.47 Å². The lowest BCUT2D eigenvalue weighted by Crippen LogP contribution is -2.36. The molecule has 5 nitrogen and oxygen atoms in total. The third-order valence-corrected chi connectivity index (χ3v) is 3.47. The Hall–Kier alpha value is -0.980. The molecule has 0 aromatic carbocycles. The maximum atomic E-state index is 7.25. The summed E-state index contributed by atoms with van der Waals surface area (Å²) >= 11 is 1.27. The fourth-order valence-electron chi connectivity index (χ4n) is 1.77. The Morgan fingerprint density at radius 3 is 2.89 bits per heavy atom. The summed E-state index contributed by atoms with van der Waals surface area (Å²) in [5, 5.41) is 7.35. The number of hydrogen-bond donors (Lipinski definition) is 2. The highest BCUT2D eigenvalue weighted by atomic mass is 35.5. The molecule has 0 bridgehead atoms. The molecule has 2 heterocycles. The third kappa shape index (κ3) is 3.75. The summed E-state index contributed by atoms with van der Waals surface area (Å²) in [7, 11) is 0. The number of nitrogens with two attached hydrogens (primary N) is 1. The molecular formula is C12H18ClN3O2S. The zero-order valence-electron chi connectivity index (χ0n) is 11.1. The molecule has 0 saturated carbocycles. The predicted octanol–water partition coefficient (Wildman–Crippen LogP) is 2.58. The van der Waals surface area contributed by atoms with E-state index in [2.05, 4.69) is 4.98 Å². The second-order valence-electron chi connectivity index (χ2n) is 4.62. The van der Waals surface area contributed by atoms with Crippen LogP contribution < -0.4 is 10.5 Å². The fraction of sp³-hybridized carbons (Fsp3) is 0.500. The maximum Gasteiger partial charge on any atom is 0.205 e. The van der Waals surface area contributed by atoms with E-state index in [-0.39, 0.29) is 17.6 Å². The molecule has 0 amide bonds. The summed E-state index contributed by atoms with van der Waals surface area (Å²) in [6, 6.07) is 0. The summed E-state index contributed by atoms with van der Waals surface area (Å²) in [6.07, 6.45) is 1.80. The number of aromatic nitrogens is 1. The van der Waals surface area contributed by atoms with Crippen LogP contribution in [-0.2, 0) is 17.1 Å². The van der Waals surface area contributed by atoms with Gasteiger partial charge in [0, 0.05) is 31.4 Å². The molecule has 0 fully saturated rings. The Bertz CT molecular complexity index is 494. The van der Waals surface area contributed by atoms with E-state index in [0.717, 1.165) is 22.6 Å². The van der Waals surface area contributed by atoms with Crippen molar-refractivity contribution in [3.05, 3.63) is 23.0 Å². The van der Waals surface area contributed by atoms with Gasteiger partial charge in [0.05, 0.1) is 12.3 Å². The van der Waals surface area contributed by atoms with Crippen LogP contribution in [0, 0.1) is 12.3 Å². The Morgan fingerprint density at radius 1 is 1.58 bits per heavy atom. The van der Waals surface area contributed by atoms with Crippen molar-refractivity contribution in [2.24, 2.45) is 5.73 Å². The average Bonchev–Trinajstić information content (AvgIpc) is 2.28. The maximum absolute atomic E-state index is 7.25. The lowest BCUT2D eigenvalue weighted by molar-refractivity contribution is -0.180. The molecule has 3 N–H and O–H groups in total. The normalized spacial score (nSPS) is 15.9. The number of thioether (sulfide) groups is 1. The van der Waals surface area contributed by atoms with Gasteiger partial charge in [-0.2, -0.15) is 0 Å². The van der Waals surface area contributed by atoms with Crippen molar-refractivity contribution in [2.75, 3.05) is 0 Å². The molecule has 1 aliphatic rings. The first-order chi connectivity index (χ1) is 8.39. The van der Waals surface area contributed by atoms with Gasteiger partial charge in [-0.05, 0) is 12.5 Å². The van der Waals surface area contributed by atoms with Gasteiger partial charge in [-0.25, -0.2) is 0 Å². The molecule has 0 atom stereocenters. The summed E-state index contributed by atoms with van der Waals surface area (Å²) in [5.74, 6) is 0.789. The van der Waals surface area contributed by atoms with Gasteiger partial charge in [-0.1, -0.05) is 11.8 Å². The highest BCUT2D eigenvalue weighted by Gasteiger charge is 2.30. The zero-order chi connectivity index (χ0) is 13.3. The van der Waals surface area contributed by atoms with E-state index in [1.165, 1.54) is 11.8 Å². The smallest absolute Gasteiger partial charge is 0.205 e. The van der Waals surface area contributed by atoms with Crippen molar-refractivity contribution in [1.82, 2.24) is 4.98 Å². The van der Waals surface area contributed by atoms with Crippen molar-refractivity contribution in [3.8, 4) is 5.75 Å². The molecule has 0 aliphatic carbocycles. The zero-order valence-corrected chi connectivity index (χ0v) is 12.8. The molecule has 1 aromatic rings. The number of amidine groups is 1. The molecule has 7 heteroatoms. The van der Waals surface area contributed by atoms with Crippen molar-refractivity contribution >= 4 is 29.3 Å². The SMILES string of the molecule is Cc1ncc(CSC(=N)N)c2c1OC(C)(C)OC2.Cl. The van der Waals surface area contributed by atoms with E-state index in [4.69, 9.17) is 20.6 Å². The number of pyridine rings is 1. The number of fused-ring (bicyclic) bond motifs is 1. The van der Waals surface area contributed by atoms with E-state index in [1.807, 2.05) is 20.8 Å². The van der Waals surface area contributed by atoms with Crippen molar-refractivity contribution in [3.63, 3.8) is 0 Å². The quantitative estimate of drug-likeness (QED) is 0.648. The number of ether oxygens (including phenoxy) is 2. The number of hydrogen-bond acceptors (Lipinski definition) is 5.